The van der Waals surface area contributed by atoms with Crippen LogP contribution in [0.4, 0.5) is 0 Å². The molecule has 0 saturated heterocycles. The molecule has 132 valence electrons. The largest absolute Gasteiger partial charge is 0.471 e. The number of halogens is 1. The van der Waals surface area contributed by atoms with Gasteiger partial charge in [0.15, 0.2) is 18.3 Å². The second-order valence-electron chi connectivity index (χ2n) is 5.19. The Morgan fingerprint density at radius 2 is 1.96 bits per heavy atom. The average Bonchev–Trinajstić information content (AvgIpc) is 3.14. The van der Waals surface area contributed by atoms with Crippen molar-refractivity contribution in [3.8, 4) is 5.75 Å². The second kappa shape index (κ2) is 8.17. The summed E-state index contributed by atoms with van der Waals surface area (Å²) in [5.41, 5.74) is 6.51. The van der Waals surface area contributed by atoms with E-state index in [1.165, 1.54) is 10.7 Å². The third-order valence-corrected chi connectivity index (χ3v) is 3.54. The Hall–Kier alpha value is -3.32. The van der Waals surface area contributed by atoms with Crippen LogP contribution in [-0.2, 0) is 11.6 Å². The zero-order valence-electron chi connectivity index (χ0n) is 13.6. The van der Waals surface area contributed by atoms with Crippen LogP contribution in [0.15, 0.2) is 72.0 Å². The molecule has 0 radical (unpaired) electrons. The van der Waals surface area contributed by atoms with Crippen LogP contribution in [-0.4, -0.2) is 21.6 Å². The number of hydrogen-bond donors (Lipinski definition) is 1. The molecule has 8 heteroatoms. The van der Waals surface area contributed by atoms with Gasteiger partial charge in [0.2, 0.25) is 0 Å². The van der Waals surface area contributed by atoms with Crippen LogP contribution < -0.4 is 10.5 Å². The molecule has 7 nitrogen and oxygen atoms in total. The van der Waals surface area contributed by atoms with Gasteiger partial charge in [-0.2, -0.15) is 5.10 Å². The highest BCUT2D eigenvalue weighted by molar-refractivity contribution is 6.30. The lowest BCUT2D eigenvalue weighted by molar-refractivity contribution is 0.0507. The molecule has 1 aromatic heterocycles. The third kappa shape index (κ3) is 4.61. The molecule has 0 aliphatic carbocycles. The summed E-state index contributed by atoms with van der Waals surface area (Å²) < 4.78 is 6.98. The Labute approximate surface area is 154 Å². The molecule has 3 aromatic rings. The van der Waals surface area contributed by atoms with E-state index >= 15 is 0 Å². The van der Waals surface area contributed by atoms with Crippen LogP contribution in [0.3, 0.4) is 0 Å². The van der Waals surface area contributed by atoms with Gasteiger partial charge in [-0.1, -0.05) is 53.2 Å². The van der Waals surface area contributed by atoms with Gasteiger partial charge in [-0.05, 0) is 24.3 Å². The quantitative estimate of drug-likeness (QED) is 0.311. The summed E-state index contributed by atoms with van der Waals surface area (Å²) in [5.74, 6) is -0.0228. The van der Waals surface area contributed by atoms with E-state index < -0.39 is 5.97 Å². The van der Waals surface area contributed by atoms with Crippen molar-refractivity contribution in [3.63, 3.8) is 0 Å². The van der Waals surface area contributed by atoms with E-state index in [0.29, 0.717) is 16.3 Å². The molecule has 26 heavy (non-hydrogen) atoms. The Morgan fingerprint density at radius 3 is 2.73 bits per heavy atom. The summed E-state index contributed by atoms with van der Waals surface area (Å²) in [7, 11) is 0. The van der Waals surface area contributed by atoms with Crippen LogP contribution in [0.2, 0.25) is 5.02 Å². The minimum absolute atomic E-state index is 0.0873. The van der Waals surface area contributed by atoms with Crippen LogP contribution in [0.5, 0.6) is 5.75 Å². The van der Waals surface area contributed by atoms with Gasteiger partial charge in [0.05, 0.1) is 0 Å². The van der Waals surface area contributed by atoms with Gasteiger partial charge in [-0.15, -0.1) is 0 Å². The Balaban J connectivity index is 1.57. The first-order valence-corrected chi connectivity index (χ1v) is 8.01. The maximum Gasteiger partial charge on any atom is 0.385 e. The van der Waals surface area contributed by atoms with E-state index in [-0.39, 0.29) is 18.3 Å². The number of amidine groups is 1. The molecule has 2 aromatic carbocycles. The van der Waals surface area contributed by atoms with Gasteiger partial charge in [-0.25, -0.2) is 9.48 Å². The average molecular weight is 371 g/mol. The molecule has 0 saturated carbocycles. The van der Waals surface area contributed by atoms with Gasteiger partial charge < -0.3 is 15.3 Å². The molecular weight excluding hydrogens is 356 g/mol. The Bertz CT molecular complexity index is 925. The predicted octanol–water partition coefficient (Wildman–Crippen LogP) is 3.05. The minimum Gasteiger partial charge on any atom is -0.471 e. The topological polar surface area (TPSA) is 91.7 Å². The van der Waals surface area contributed by atoms with Crippen molar-refractivity contribution in [1.82, 2.24) is 9.78 Å². The fourth-order valence-corrected chi connectivity index (χ4v) is 2.22. The molecule has 1 heterocycles. The van der Waals surface area contributed by atoms with E-state index in [2.05, 4.69) is 10.3 Å². The van der Waals surface area contributed by atoms with E-state index in [1.54, 1.807) is 54.7 Å². The normalized spacial score (nSPS) is 11.2. The molecule has 0 amide bonds. The number of ether oxygens (including phenoxy) is 1. The number of benzene rings is 2. The predicted molar refractivity (Wildman–Crippen MR) is 96.9 cm³/mol. The number of oxime groups is 1. The summed E-state index contributed by atoms with van der Waals surface area (Å²) in [6, 6.07) is 17.5. The third-order valence-electron chi connectivity index (χ3n) is 3.31. The van der Waals surface area contributed by atoms with Crippen LogP contribution in [0.1, 0.15) is 16.1 Å². The Morgan fingerprint density at radius 1 is 1.15 bits per heavy atom. The number of hydrogen-bond acceptors (Lipinski definition) is 5. The van der Waals surface area contributed by atoms with Crippen LogP contribution in [0.25, 0.3) is 0 Å². The van der Waals surface area contributed by atoms with Gasteiger partial charge in [0.1, 0.15) is 5.75 Å². The van der Waals surface area contributed by atoms with Crippen molar-refractivity contribution >= 4 is 23.4 Å². The highest BCUT2D eigenvalue weighted by Gasteiger charge is 2.12. The first kappa shape index (κ1) is 17.5. The van der Waals surface area contributed by atoms with Gasteiger partial charge >= 0.3 is 5.97 Å². The molecule has 0 unspecified atom stereocenters. The van der Waals surface area contributed by atoms with Gasteiger partial charge in [-0.3, -0.25) is 0 Å². The van der Waals surface area contributed by atoms with Gasteiger partial charge in [0, 0.05) is 16.8 Å². The van der Waals surface area contributed by atoms with E-state index in [4.69, 9.17) is 26.9 Å². The summed E-state index contributed by atoms with van der Waals surface area (Å²) >= 11 is 5.89. The lowest BCUT2D eigenvalue weighted by Crippen LogP contribution is -2.15. The monoisotopic (exact) mass is 370 g/mol. The van der Waals surface area contributed by atoms with Crippen molar-refractivity contribution < 1.29 is 14.4 Å². The van der Waals surface area contributed by atoms with Crippen molar-refractivity contribution in [2.24, 2.45) is 10.9 Å². The SMILES string of the molecule is N/C(=N\OC(=O)c1ccn(COc2cccc(Cl)c2)n1)c1ccccc1. The molecule has 3 rings (SSSR count). The zero-order chi connectivity index (χ0) is 18.4. The number of nitrogens with zero attached hydrogens (tertiary/aromatic N) is 3. The maximum atomic E-state index is 12.0. The number of carbonyl (C=O) groups is 1. The minimum atomic E-state index is -0.717. The first-order valence-electron chi connectivity index (χ1n) is 7.64. The molecule has 0 fully saturated rings. The molecule has 0 spiro atoms. The van der Waals surface area contributed by atoms with E-state index in [1.807, 2.05) is 6.07 Å². The first-order chi connectivity index (χ1) is 12.6. The fraction of sp³-hybridized carbons (Fsp3) is 0.0556. The van der Waals surface area contributed by atoms with Gasteiger partial charge in [0.25, 0.3) is 0 Å². The van der Waals surface area contributed by atoms with E-state index in [9.17, 15) is 4.79 Å². The van der Waals surface area contributed by atoms with E-state index in [0.717, 1.165) is 0 Å². The molecular formula is C18H15ClN4O3. The summed E-state index contributed by atoms with van der Waals surface area (Å²) in [5, 5.41) is 8.28. The second-order valence-corrected chi connectivity index (χ2v) is 5.63. The molecule has 0 bridgehead atoms. The molecule has 2 N–H and O–H groups in total. The summed E-state index contributed by atoms with van der Waals surface area (Å²) in [6.07, 6.45) is 1.59. The number of nitrogens with two attached hydrogens (primary N) is 1. The molecule has 0 aliphatic rings. The highest BCUT2D eigenvalue weighted by Crippen LogP contribution is 2.17. The molecule has 0 aliphatic heterocycles. The lowest BCUT2D eigenvalue weighted by atomic mass is 10.2. The van der Waals surface area contributed by atoms with Crippen molar-refractivity contribution in [1.29, 1.82) is 0 Å². The number of carbonyl (C=O) groups excluding carboxylic acids is 1. The molecule has 0 atom stereocenters. The van der Waals surface area contributed by atoms with Crippen molar-refractivity contribution in [2.45, 2.75) is 6.73 Å². The highest BCUT2D eigenvalue weighted by atomic mass is 35.5. The van der Waals surface area contributed by atoms with Crippen molar-refractivity contribution in [3.05, 3.63) is 83.1 Å². The van der Waals surface area contributed by atoms with Crippen molar-refractivity contribution in [2.75, 3.05) is 0 Å². The zero-order valence-corrected chi connectivity index (χ0v) is 14.3. The summed E-state index contributed by atoms with van der Waals surface area (Å²) in [6.45, 7) is 0.114. The standard InChI is InChI=1S/C18H15ClN4O3/c19-14-7-4-8-15(11-14)25-12-23-10-9-16(21-23)18(24)26-22-17(20)13-5-2-1-3-6-13/h1-11H,12H2,(H2,20,22). The maximum absolute atomic E-state index is 12.0. The van der Waals surface area contributed by atoms with Crippen LogP contribution in [0, 0.1) is 0 Å². The fourth-order valence-electron chi connectivity index (χ4n) is 2.04. The van der Waals surface area contributed by atoms with Crippen LogP contribution >= 0.6 is 11.6 Å². The number of rotatable bonds is 6. The number of aromatic nitrogens is 2. The summed E-state index contributed by atoms with van der Waals surface area (Å²) in [4.78, 5) is 16.8. The lowest BCUT2D eigenvalue weighted by Gasteiger charge is -2.06. The Kier molecular flexibility index (Phi) is 5.50. The smallest absolute Gasteiger partial charge is 0.385 e.